The molecule has 4 aliphatic rings. The van der Waals surface area contributed by atoms with E-state index in [1.165, 1.54) is 6.07 Å². The molecule has 2 N–H and O–H groups in total. The summed E-state index contributed by atoms with van der Waals surface area (Å²) < 4.78 is 53.4. The number of aliphatic hydroxyl groups is 1. The molecule has 7 atom stereocenters. The van der Waals surface area contributed by atoms with E-state index in [0.717, 1.165) is 18.6 Å². The van der Waals surface area contributed by atoms with Crippen molar-refractivity contribution in [3.63, 3.8) is 0 Å². The first-order valence-corrected chi connectivity index (χ1v) is 14.0. The molecule has 1 aliphatic carbocycles. The third-order valence-corrected chi connectivity index (χ3v) is 8.92. The molecule has 5 rings (SSSR count). The number of pyridine rings is 1. The number of nitrogens with zero attached hydrogens (tertiary/aromatic N) is 3. The lowest BCUT2D eigenvalue weighted by atomic mass is 9.88. The SMILES string of the molecule is OCC1C(Cl)NC(CN2CCc3cc(C(F)F)c(OCC4CCC(Cl)CC4F)nc3C2)N1CC1CCO1. The van der Waals surface area contributed by atoms with Crippen molar-refractivity contribution in [1.29, 1.82) is 0 Å². The number of fused-ring (bicyclic) bond motifs is 1. The number of ether oxygens (including phenoxy) is 2. The van der Waals surface area contributed by atoms with Gasteiger partial charge >= 0.3 is 0 Å². The standard InChI is InChI=1S/C25H35Cl2F3N4O3/c26-16-2-1-15(19(28)8-16)13-37-25-18(24(29)30)7-14-3-5-33(10-20(14)31-25)11-22-32-23(27)21(12-35)34(22)9-17-4-6-36-17/h7,15-17,19,21-24,32,35H,1-6,8-13H2. The van der Waals surface area contributed by atoms with Gasteiger partial charge in [-0.15, -0.1) is 23.2 Å². The molecule has 12 heteroatoms. The van der Waals surface area contributed by atoms with Crippen LogP contribution < -0.4 is 10.1 Å². The Morgan fingerprint density at radius 1 is 1.24 bits per heavy atom. The lowest BCUT2D eigenvalue weighted by molar-refractivity contribution is -0.0776. The number of hydrogen-bond donors (Lipinski definition) is 2. The lowest BCUT2D eigenvalue weighted by Crippen LogP contribution is -2.52. The molecular formula is C25H35Cl2F3N4O3. The van der Waals surface area contributed by atoms with Crippen molar-refractivity contribution in [2.45, 2.75) is 80.4 Å². The highest BCUT2D eigenvalue weighted by Gasteiger charge is 2.42. The van der Waals surface area contributed by atoms with E-state index in [9.17, 15) is 18.3 Å². The van der Waals surface area contributed by atoms with Gasteiger partial charge in [0.2, 0.25) is 5.88 Å². The van der Waals surface area contributed by atoms with Crippen molar-refractivity contribution in [3.05, 3.63) is 22.9 Å². The van der Waals surface area contributed by atoms with Crippen molar-refractivity contribution in [2.75, 3.05) is 39.5 Å². The monoisotopic (exact) mass is 566 g/mol. The Hall–Kier alpha value is -0.880. The van der Waals surface area contributed by atoms with Crippen molar-refractivity contribution in [1.82, 2.24) is 20.1 Å². The third-order valence-electron chi connectivity index (χ3n) is 8.11. The molecule has 208 valence electrons. The number of aromatic nitrogens is 1. The number of nitrogens with one attached hydrogen (secondary N) is 1. The van der Waals surface area contributed by atoms with Crippen LogP contribution >= 0.6 is 23.2 Å². The fourth-order valence-electron chi connectivity index (χ4n) is 5.76. The second-order valence-corrected chi connectivity index (χ2v) is 11.7. The van der Waals surface area contributed by atoms with E-state index >= 15 is 0 Å². The first kappa shape index (κ1) is 27.7. The van der Waals surface area contributed by atoms with Crippen LogP contribution in [0.2, 0.25) is 0 Å². The molecule has 2 saturated heterocycles. The van der Waals surface area contributed by atoms with E-state index in [1.807, 2.05) is 0 Å². The van der Waals surface area contributed by atoms with E-state index in [-0.39, 0.29) is 66.2 Å². The Morgan fingerprint density at radius 2 is 2.05 bits per heavy atom. The van der Waals surface area contributed by atoms with Gasteiger partial charge < -0.3 is 14.6 Å². The summed E-state index contributed by atoms with van der Waals surface area (Å²) in [5, 5.41) is 13.1. The minimum absolute atomic E-state index is 0.00382. The molecule has 1 aromatic rings. The van der Waals surface area contributed by atoms with Gasteiger partial charge in [-0.05, 0) is 43.7 Å². The zero-order valence-electron chi connectivity index (χ0n) is 20.7. The zero-order valence-corrected chi connectivity index (χ0v) is 22.2. The van der Waals surface area contributed by atoms with Crippen molar-refractivity contribution in [3.8, 4) is 5.88 Å². The van der Waals surface area contributed by atoms with Crippen LogP contribution in [-0.4, -0.2) is 94.7 Å². The average molecular weight is 567 g/mol. The predicted molar refractivity (Wildman–Crippen MR) is 134 cm³/mol. The highest BCUT2D eigenvalue weighted by Crippen LogP contribution is 2.35. The first-order chi connectivity index (χ1) is 17.8. The summed E-state index contributed by atoms with van der Waals surface area (Å²) in [6.07, 6.45) is -0.716. The van der Waals surface area contributed by atoms with Crippen LogP contribution in [-0.2, 0) is 17.7 Å². The van der Waals surface area contributed by atoms with E-state index in [2.05, 4.69) is 20.1 Å². The molecular weight excluding hydrogens is 532 g/mol. The highest BCUT2D eigenvalue weighted by molar-refractivity contribution is 6.21. The Bertz CT molecular complexity index is 931. The molecule has 0 spiro atoms. The molecule has 0 aromatic carbocycles. The van der Waals surface area contributed by atoms with Crippen molar-refractivity contribution < 1.29 is 27.8 Å². The molecule has 0 amide bonds. The number of alkyl halides is 5. The fraction of sp³-hybridized carbons (Fsp3) is 0.800. The summed E-state index contributed by atoms with van der Waals surface area (Å²) in [7, 11) is 0. The summed E-state index contributed by atoms with van der Waals surface area (Å²) in [5.41, 5.74) is 0.855. The molecule has 37 heavy (non-hydrogen) atoms. The van der Waals surface area contributed by atoms with Gasteiger partial charge in [-0.1, -0.05) is 0 Å². The molecule has 4 heterocycles. The van der Waals surface area contributed by atoms with Crippen LogP contribution in [0.25, 0.3) is 0 Å². The van der Waals surface area contributed by atoms with Crippen molar-refractivity contribution >= 4 is 23.2 Å². The summed E-state index contributed by atoms with van der Waals surface area (Å²) in [6.45, 7) is 3.18. The van der Waals surface area contributed by atoms with E-state index in [0.29, 0.717) is 51.1 Å². The Balaban J connectivity index is 1.26. The predicted octanol–water partition coefficient (Wildman–Crippen LogP) is 3.45. The fourth-order valence-corrected chi connectivity index (χ4v) is 6.43. The summed E-state index contributed by atoms with van der Waals surface area (Å²) in [6, 6.07) is 1.28. The lowest BCUT2D eigenvalue weighted by Gasteiger charge is -2.38. The third kappa shape index (κ3) is 6.31. The van der Waals surface area contributed by atoms with Gasteiger partial charge in [0.1, 0.15) is 11.7 Å². The maximum atomic E-state index is 14.4. The van der Waals surface area contributed by atoms with Gasteiger partial charge in [-0.2, -0.15) is 0 Å². The van der Waals surface area contributed by atoms with E-state index in [1.54, 1.807) is 0 Å². The van der Waals surface area contributed by atoms with Gasteiger partial charge in [0, 0.05) is 44.1 Å². The average Bonchev–Trinajstić information content (AvgIpc) is 3.13. The van der Waals surface area contributed by atoms with Gasteiger partial charge in [-0.3, -0.25) is 15.1 Å². The summed E-state index contributed by atoms with van der Waals surface area (Å²) in [5.74, 6) is -0.489. The molecule has 1 aromatic heterocycles. The Kier molecular flexibility index (Phi) is 9.05. The van der Waals surface area contributed by atoms with Crippen LogP contribution in [0.4, 0.5) is 13.2 Å². The van der Waals surface area contributed by atoms with Gasteiger partial charge in [0.15, 0.2) is 0 Å². The van der Waals surface area contributed by atoms with Gasteiger partial charge in [0.05, 0.1) is 42.8 Å². The highest BCUT2D eigenvalue weighted by atomic mass is 35.5. The maximum absolute atomic E-state index is 14.4. The van der Waals surface area contributed by atoms with Gasteiger partial charge in [-0.25, -0.2) is 18.2 Å². The normalized spacial score (nSPS) is 34.9. The van der Waals surface area contributed by atoms with Crippen LogP contribution in [0.5, 0.6) is 5.88 Å². The molecule has 0 bridgehead atoms. The molecule has 7 unspecified atom stereocenters. The van der Waals surface area contributed by atoms with Crippen LogP contribution in [0.1, 0.15) is 48.9 Å². The summed E-state index contributed by atoms with van der Waals surface area (Å²) in [4.78, 5) is 8.88. The summed E-state index contributed by atoms with van der Waals surface area (Å²) >= 11 is 12.5. The second kappa shape index (κ2) is 12.1. The topological polar surface area (TPSA) is 70.1 Å². The first-order valence-electron chi connectivity index (χ1n) is 13.1. The van der Waals surface area contributed by atoms with E-state index < -0.39 is 12.6 Å². The number of rotatable bonds is 9. The number of aliphatic hydroxyl groups excluding tert-OH is 1. The van der Waals surface area contributed by atoms with Crippen molar-refractivity contribution in [2.24, 2.45) is 5.92 Å². The molecule has 3 aliphatic heterocycles. The van der Waals surface area contributed by atoms with Crippen LogP contribution in [0.15, 0.2) is 6.07 Å². The largest absolute Gasteiger partial charge is 0.477 e. The molecule has 7 nitrogen and oxygen atoms in total. The van der Waals surface area contributed by atoms with Gasteiger partial charge in [0.25, 0.3) is 6.43 Å². The number of halogens is 5. The van der Waals surface area contributed by atoms with Crippen LogP contribution in [0, 0.1) is 5.92 Å². The number of hydrogen-bond acceptors (Lipinski definition) is 7. The quantitative estimate of drug-likeness (QED) is 0.350. The molecule has 1 saturated carbocycles. The minimum atomic E-state index is -2.73. The van der Waals surface area contributed by atoms with E-state index in [4.69, 9.17) is 32.7 Å². The Labute approximate surface area is 225 Å². The molecule has 3 fully saturated rings. The minimum Gasteiger partial charge on any atom is -0.477 e. The Morgan fingerprint density at radius 3 is 2.73 bits per heavy atom. The maximum Gasteiger partial charge on any atom is 0.269 e. The van der Waals surface area contributed by atoms with Crippen LogP contribution in [0.3, 0.4) is 0 Å². The molecule has 0 radical (unpaired) electrons. The zero-order chi connectivity index (χ0) is 26.1. The smallest absolute Gasteiger partial charge is 0.269 e. The second-order valence-electron chi connectivity index (χ2n) is 10.6.